The van der Waals surface area contributed by atoms with Crippen molar-refractivity contribution in [2.24, 2.45) is 5.92 Å². The third-order valence-electron chi connectivity index (χ3n) is 7.39. The Morgan fingerprint density at radius 3 is 2.24 bits per heavy atom. The Bertz CT molecular complexity index is 1150. The van der Waals surface area contributed by atoms with Crippen LogP contribution in [0, 0.1) is 23.4 Å². The van der Waals surface area contributed by atoms with E-state index >= 15 is 4.39 Å². The van der Waals surface area contributed by atoms with E-state index in [0.29, 0.717) is 35.0 Å². The van der Waals surface area contributed by atoms with E-state index in [0.717, 1.165) is 51.4 Å². The molecular weight excluding hydrogens is 473 g/mol. The van der Waals surface area contributed by atoms with Crippen LogP contribution < -0.4 is 9.47 Å². The molecule has 0 aliphatic heterocycles. The first-order valence-corrected chi connectivity index (χ1v) is 13.6. The molecule has 3 aromatic carbocycles. The molecule has 1 fully saturated rings. The summed E-state index contributed by atoms with van der Waals surface area (Å²) in [6, 6.07) is 15.1. The summed E-state index contributed by atoms with van der Waals surface area (Å²) in [5.74, 6) is -0.373. The molecule has 0 aromatic heterocycles. The number of unbranched alkanes of at least 4 members (excludes halogenated alkanes) is 3. The highest BCUT2D eigenvalue weighted by Crippen LogP contribution is 2.39. The summed E-state index contributed by atoms with van der Waals surface area (Å²) in [6.07, 6.45) is 8.21. The van der Waals surface area contributed by atoms with Crippen molar-refractivity contribution < 1.29 is 22.6 Å². The highest BCUT2D eigenvalue weighted by Gasteiger charge is 2.25. The molecule has 0 N–H and O–H groups in total. The van der Waals surface area contributed by atoms with Crippen LogP contribution in [-0.2, 0) is 6.61 Å². The average molecular weight is 511 g/mol. The number of ether oxygens (including phenoxy) is 2. The molecule has 1 saturated carbocycles. The Balaban J connectivity index is 1.34. The van der Waals surface area contributed by atoms with Crippen molar-refractivity contribution in [1.82, 2.24) is 0 Å². The van der Waals surface area contributed by atoms with E-state index in [1.165, 1.54) is 6.07 Å². The SMILES string of the molecule is CCCCCCOc1ccc(COc2ccc(-c3ccc(C4CCC(C)CC4)c(F)c3F)cc2)cc1F. The normalized spacial score (nSPS) is 17.5. The van der Waals surface area contributed by atoms with Crippen molar-refractivity contribution in [2.75, 3.05) is 6.61 Å². The molecule has 0 amide bonds. The van der Waals surface area contributed by atoms with Crippen molar-refractivity contribution in [2.45, 2.75) is 77.7 Å². The van der Waals surface area contributed by atoms with E-state index in [1.54, 1.807) is 48.5 Å². The van der Waals surface area contributed by atoms with Gasteiger partial charge in [0.15, 0.2) is 23.2 Å². The van der Waals surface area contributed by atoms with E-state index < -0.39 is 17.5 Å². The Morgan fingerprint density at radius 1 is 0.784 bits per heavy atom. The highest BCUT2D eigenvalue weighted by atomic mass is 19.2. The lowest BCUT2D eigenvalue weighted by atomic mass is 9.79. The zero-order chi connectivity index (χ0) is 26.2. The highest BCUT2D eigenvalue weighted by molar-refractivity contribution is 5.65. The maximum Gasteiger partial charge on any atom is 0.166 e. The number of hydrogen-bond donors (Lipinski definition) is 0. The molecule has 3 aromatic rings. The first-order chi connectivity index (χ1) is 18.0. The lowest BCUT2D eigenvalue weighted by Gasteiger charge is -2.27. The van der Waals surface area contributed by atoms with Crippen LogP contribution in [0.2, 0.25) is 0 Å². The Labute approximate surface area is 218 Å². The van der Waals surface area contributed by atoms with Crippen LogP contribution in [0.15, 0.2) is 54.6 Å². The number of benzene rings is 3. The Hall–Kier alpha value is -2.95. The van der Waals surface area contributed by atoms with Gasteiger partial charge in [0.05, 0.1) is 6.61 Å². The van der Waals surface area contributed by atoms with Crippen LogP contribution in [-0.4, -0.2) is 6.61 Å². The van der Waals surface area contributed by atoms with Gasteiger partial charge in [0, 0.05) is 5.56 Å². The second-order valence-electron chi connectivity index (χ2n) is 10.3. The van der Waals surface area contributed by atoms with Gasteiger partial charge in [-0.15, -0.1) is 0 Å². The van der Waals surface area contributed by atoms with Crippen molar-refractivity contribution in [3.05, 3.63) is 83.2 Å². The first-order valence-electron chi connectivity index (χ1n) is 13.6. The molecule has 4 rings (SSSR count). The fourth-order valence-electron chi connectivity index (χ4n) is 5.03. The van der Waals surface area contributed by atoms with Gasteiger partial charge in [0.2, 0.25) is 0 Å². The van der Waals surface area contributed by atoms with Crippen LogP contribution >= 0.6 is 0 Å². The van der Waals surface area contributed by atoms with Crippen molar-refractivity contribution >= 4 is 0 Å². The standard InChI is InChI=1S/C32H37F3O2/c1-3-4-5-6-19-36-30-18-9-23(20-29(30)33)21-37-26-14-12-25(13-15-26)28-17-16-27(31(34)32(28)35)24-10-7-22(2)8-11-24/h9,12-18,20,22,24H,3-8,10-11,19,21H2,1-2H3. The summed E-state index contributed by atoms with van der Waals surface area (Å²) in [5.41, 5.74) is 2.00. The molecule has 1 aliphatic rings. The predicted molar refractivity (Wildman–Crippen MR) is 143 cm³/mol. The van der Waals surface area contributed by atoms with Gasteiger partial charge >= 0.3 is 0 Å². The van der Waals surface area contributed by atoms with Gasteiger partial charge in [0.25, 0.3) is 0 Å². The minimum absolute atomic E-state index is 0.0896. The van der Waals surface area contributed by atoms with Crippen LogP contribution in [0.4, 0.5) is 13.2 Å². The molecule has 198 valence electrons. The maximum absolute atomic E-state index is 15.0. The quantitative estimate of drug-likeness (QED) is 0.239. The Kier molecular flexibility index (Phi) is 9.54. The van der Waals surface area contributed by atoms with E-state index in [2.05, 4.69) is 13.8 Å². The van der Waals surface area contributed by atoms with Gasteiger partial charge in [-0.1, -0.05) is 76.3 Å². The number of rotatable bonds is 11. The minimum atomic E-state index is -0.798. The van der Waals surface area contributed by atoms with Crippen molar-refractivity contribution in [3.8, 4) is 22.6 Å². The molecule has 1 aliphatic carbocycles. The molecule has 5 heteroatoms. The molecule has 2 nitrogen and oxygen atoms in total. The molecule has 0 atom stereocenters. The largest absolute Gasteiger partial charge is 0.491 e. The summed E-state index contributed by atoms with van der Waals surface area (Å²) in [7, 11) is 0. The molecule has 0 bridgehead atoms. The number of hydrogen-bond acceptors (Lipinski definition) is 2. The lowest BCUT2D eigenvalue weighted by Crippen LogP contribution is -2.13. The first kappa shape index (κ1) is 27.1. The van der Waals surface area contributed by atoms with Crippen LogP contribution in [0.1, 0.15) is 82.3 Å². The number of halogens is 3. The lowest BCUT2D eigenvalue weighted by molar-refractivity contribution is 0.287. The monoisotopic (exact) mass is 510 g/mol. The topological polar surface area (TPSA) is 18.5 Å². The summed E-state index contributed by atoms with van der Waals surface area (Å²) >= 11 is 0. The van der Waals surface area contributed by atoms with Gasteiger partial charge in [-0.3, -0.25) is 0 Å². The van der Waals surface area contributed by atoms with Crippen LogP contribution in [0.5, 0.6) is 11.5 Å². The third kappa shape index (κ3) is 7.09. The molecular formula is C32H37F3O2. The smallest absolute Gasteiger partial charge is 0.166 e. The van der Waals surface area contributed by atoms with E-state index in [1.807, 2.05) is 0 Å². The summed E-state index contributed by atoms with van der Waals surface area (Å²) in [5, 5.41) is 0. The third-order valence-corrected chi connectivity index (χ3v) is 7.39. The predicted octanol–water partition coefficient (Wildman–Crippen LogP) is 9.60. The summed E-state index contributed by atoms with van der Waals surface area (Å²) in [4.78, 5) is 0. The fourth-order valence-corrected chi connectivity index (χ4v) is 5.03. The van der Waals surface area contributed by atoms with E-state index in [-0.39, 0.29) is 23.8 Å². The zero-order valence-electron chi connectivity index (χ0n) is 21.9. The van der Waals surface area contributed by atoms with E-state index in [9.17, 15) is 8.78 Å². The minimum Gasteiger partial charge on any atom is -0.491 e. The molecule has 0 spiro atoms. The fraction of sp³-hybridized carbons (Fsp3) is 0.438. The maximum atomic E-state index is 15.0. The van der Waals surface area contributed by atoms with Gasteiger partial charge < -0.3 is 9.47 Å². The van der Waals surface area contributed by atoms with Crippen molar-refractivity contribution in [1.29, 1.82) is 0 Å². The van der Waals surface area contributed by atoms with Crippen LogP contribution in [0.3, 0.4) is 0 Å². The summed E-state index contributed by atoms with van der Waals surface area (Å²) in [6.45, 7) is 5.05. The Morgan fingerprint density at radius 2 is 1.54 bits per heavy atom. The van der Waals surface area contributed by atoms with Gasteiger partial charge in [-0.05, 0) is 72.1 Å². The molecule has 0 radical (unpaired) electrons. The molecule has 37 heavy (non-hydrogen) atoms. The zero-order valence-corrected chi connectivity index (χ0v) is 21.9. The van der Waals surface area contributed by atoms with Crippen LogP contribution in [0.25, 0.3) is 11.1 Å². The second-order valence-corrected chi connectivity index (χ2v) is 10.3. The van der Waals surface area contributed by atoms with Gasteiger partial charge in [0.1, 0.15) is 12.4 Å². The molecule has 0 saturated heterocycles. The average Bonchev–Trinajstić information content (AvgIpc) is 2.91. The van der Waals surface area contributed by atoms with Gasteiger partial charge in [-0.2, -0.15) is 0 Å². The van der Waals surface area contributed by atoms with E-state index in [4.69, 9.17) is 9.47 Å². The van der Waals surface area contributed by atoms with Crippen molar-refractivity contribution in [3.63, 3.8) is 0 Å². The molecule has 0 heterocycles. The van der Waals surface area contributed by atoms with Gasteiger partial charge in [-0.25, -0.2) is 13.2 Å². The second kappa shape index (κ2) is 13.0. The summed E-state index contributed by atoms with van der Waals surface area (Å²) < 4.78 is 55.7. The molecule has 0 unspecified atom stereocenters.